The Bertz CT molecular complexity index is 4660. The predicted molar refractivity (Wildman–Crippen MR) is 318 cm³/mol. The fourth-order valence-corrected chi connectivity index (χ4v) is 14.2. The Labute approximate surface area is 428 Å². The van der Waals surface area contributed by atoms with Gasteiger partial charge in [0.05, 0.1) is 0 Å². The fraction of sp³-hybridized carbons (Fsp3) is 0.0270. The Morgan fingerprint density at radius 2 is 0.459 bits per heavy atom. The van der Waals surface area contributed by atoms with Crippen molar-refractivity contribution >= 4 is 86.2 Å². The van der Waals surface area contributed by atoms with Gasteiger partial charge in [-0.15, -0.1) is 0 Å². The Hall–Kier alpha value is -9.36. The summed E-state index contributed by atoms with van der Waals surface area (Å²) in [7, 11) is 0. The highest BCUT2D eigenvalue weighted by Gasteiger charge is 2.31. The Morgan fingerprint density at radius 3 is 0.797 bits per heavy atom. The van der Waals surface area contributed by atoms with Gasteiger partial charge in [0.2, 0.25) is 0 Å². The van der Waals surface area contributed by atoms with Crippen LogP contribution in [-0.4, -0.2) is 0 Å². The number of hydrogen-bond donors (Lipinski definition) is 0. The Balaban J connectivity index is 0.937. The third kappa shape index (κ3) is 5.17. The van der Waals surface area contributed by atoms with Crippen molar-refractivity contribution in [3.63, 3.8) is 0 Å². The molecule has 2 aliphatic rings. The normalized spacial score (nSPS) is 12.5. The molecule has 0 atom stereocenters. The molecule has 74 heavy (non-hydrogen) atoms. The van der Waals surface area contributed by atoms with Gasteiger partial charge >= 0.3 is 0 Å². The van der Waals surface area contributed by atoms with Crippen LogP contribution < -0.4 is 0 Å². The molecule has 0 fully saturated rings. The van der Waals surface area contributed by atoms with Gasteiger partial charge in [-0.3, -0.25) is 0 Å². The molecule has 0 aliphatic heterocycles. The van der Waals surface area contributed by atoms with Crippen molar-refractivity contribution < 1.29 is 0 Å². The van der Waals surface area contributed by atoms with Crippen molar-refractivity contribution in [2.24, 2.45) is 0 Å². The Kier molecular flexibility index (Phi) is 7.96. The molecule has 0 spiro atoms. The standard InChI is InChI=1S/C74H44/c1-41-17-9-11-23-45(41)69-49-27-15-13-25-47(49)67(43-19-5-3-6-20-43)63-37-59-55-33-29-51-52-30-34-56-60-38-64-66(70(46-24-12-10-18-42(46)2)50-28-16-14-26-48(50)68(64)44-21-7-4-8-22-44)40-62(60)58-36-32-54(72(52)74(56)58)53-31-35-57(73(55)71(51)53)61(59)39-65(63)69/h3-40H,1-2H3. The zero-order valence-electron chi connectivity index (χ0n) is 40.9. The molecule has 340 valence electrons. The van der Waals surface area contributed by atoms with E-state index < -0.39 is 0 Å². The summed E-state index contributed by atoms with van der Waals surface area (Å²) >= 11 is 0. The lowest BCUT2D eigenvalue weighted by molar-refractivity contribution is 1.47. The first kappa shape index (κ1) is 40.3. The summed E-state index contributed by atoms with van der Waals surface area (Å²) < 4.78 is 0. The molecule has 0 radical (unpaired) electrons. The molecule has 0 saturated carbocycles. The van der Waals surface area contributed by atoms with E-state index in [0.29, 0.717) is 0 Å². The van der Waals surface area contributed by atoms with Gasteiger partial charge in [-0.2, -0.15) is 0 Å². The molecule has 0 N–H and O–H groups in total. The molecule has 0 aromatic heterocycles. The van der Waals surface area contributed by atoms with Crippen LogP contribution in [0.1, 0.15) is 11.1 Å². The van der Waals surface area contributed by atoms with E-state index in [1.54, 1.807) is 0 Å². The van der Waals surface area contributed by atoms with Crippen LogP contribution in [0, 0.1) is 13.8 Å². The van der Waals surface area contributed by atoms with Gasteiger partial charge in [0.25, 0.3) is 0 Å². The van der Waals surface area contributed by atoms with Gasteiger partial charge in [0, 0.05) is 0 Å². The molecule has 0 amide bonds. The zero-order valence-corrected chi connectivity index (χ0v) is 40.9. The molecule has 0 heterocycles. The maximum atomic E-state index is 2.54. The van der Waals surface area contributed by atoms with Crippen LogP contribution in [0.5, 0.6) is 0 Å². The second-order valence-electron chi connectivity index (χ2n) is 21.0. The van der Waals surface area contributed by atoms with Crippen molar-refractivity contribution in [1.29, 1.82) is 0 Å². The molecule has 2 aliphatic carbocycles. The Morgan fingerprint density at radius 1 is 0.176 bits per heavy atom. The van der Waals surface area contributed by atoms with Crippen molar-refractivity contribution in [3.8, 4) is 89.0 Å². The van der Waals surface area contributed by atoms with E-state index in [1.807, 2.05) is 0 Å². The molecule has 0 saturated heterocycles. The van der Waals surface area contributed by atoms with Crippen LogP contribution in [0.15, 0.2) is 231 Å². The SMILES string of the molecule is Cc1ccccc1-c1c2ccccc2c(-c2ccccc2)c2cc3c(cc12)-c1ccc2c4ccc5c6c(ccc(c7ccc-3c1c72)c64)-c1cc2c(-c3ccccc3)c3ccccc3c(-c3ccccc3C)c2cc1-5. The summed E-state index contributed by atoms with van der Waals surface area (Å²) in [5.74, 6) is 0. The summed E-state index contributed by atoms with van der Waals surface area (Å²) in [6, 6.07) is 87.7. The quantitative estimate of drug-likeness (QED) is 0.122. The number of hydrogen-bond acceptors (Lipinski definition) is 0. The summed E-state index contributed by atoms with van der Waals surface area (Å²) in [6.07, 6.45) is 0. The molecular weight excluding hydrogens is 889 g/mol. The highest BCUT2D eigenvalue weighted by atomic mass is 14.3. The first-order valence-corrected chi connectivity index (χ1v) is 26.1. The third-order valence-electron chi connectivity index (χ3n) is 17.3. The maximum Gasteiger partial charge on any atom is -0.00139 e. The monoisotopic (exact) mass is 932 g/mol. The molecular formula is C74H44. The van der Waals surface area contributed by atoms with Crippen molar-refractivity contribution in [2.75, 3.05) is 0 Å². The second-order valence-corrected chi connectivity index (χ2v) is 21.0. The van der Waals surface area contributed by atoms with Gasteiger partial charge in [0.15, 0.2) is 0 Å². The van der Waals surface area contributed by atoms with E-state index in [4.69, 9.17) is 0 Å². The van der Waals surface area contributed by atoms with Gasteiger partial charge in [-0.1, -0.05) is 206 Å². The van der Waals surface area contributed by atoms with Gasteiger partial charge in [0.1, 0.15) is 0 Å². The summed E-state index contributed by atoms with van der Waals surface area (Å²) in [6.45, 7) is 4.51. The lowest BCUT2D eigenvalue weighted by Crippen LogP contribution is -1.93. The summed E-state index contributed by atoms with van der Waals surface area (Å²) in [5.41, 5.74) is 23.4. The molecule has 0 bridgehead atoms. The van der Waals surface area contributed by atoms with E-state index in [2.05, 4.69) is 244 Å². The number of benzene rings is 15. The minimum absolute atomic E-state index is 1.24. The highest BCUT2D eigenvalue weighted by molar-refractivity contribution is 6.41. The lowest BCUT2D eigenvalue weighted by Gasteiger charge is -2.20. The van der Waals surface area contributed by atoms with Crippen LogP contribution in [-0.2, 0) is 0 Å². The minimum Gasteiger partial charge on any atom is -0.0622 e. The summed E-state index contributed by atoms with van der Waals surface area (Å²) in [5, 5.41) is 21.1. The van der Waals surface area contributed by atoms with E-state index in [1.165, 1.54) is 186 Å². The molecule has 0 heteroatoms. The average molecular weight is 933 g/mol. The minimum atomic E-state index is 1.24. The fourth-order valence-electron chi connectivity index (χ4n) is 14.2. The van der Waals surface area contributed by atoms with E-state index in [9.17, 15) is 0 Å². The van der Waals surface area contributed by atoms with Gasteiger partial charge < -0.3 is 0 Å². The summed E-state index contributed by atoms with van der Waals surface area (Å²) in [4.78, 5) is 0. The van der Waals surface area contributed by atoms with Gasteiger partial charge in [-0.25, -0.2) is 0 Å². The molecule has 17 rings (SSSR count). The van der Waals surface area contributed by atoms with Crippen molar-refractivity contribution in [3.05, 3.63) is 242 Å². The van der Waals surface area contributed by atoms with Crippen LogP contribution in [0.25, 0.3) is 175 Å². The van der Waals surface area contributed by atoms with E-state index in [0.717, 1.165) is 0 Å². The van der Waals surface area contributed by atoms with Crippen LogP contribution in [0.2, 0.25) is 0 Å². The maximum absolute atomic E-state index is 2.54. The molecule has 0 nitrogen and oxygen atoms in total. The molecule has 15 aromatic rings. The largest absolute Gasteiger partial charge is 0.0622 e. The predicted octanol–water partition coefficient (Wildman–Crippen LogP) is 20.9. The first-order valence-electron chi connectivity index (χ1n) is 26.1. The van der Waals surface area contributed by atoms with Crippen molar-refractivity contribution in [2.45, 2.75) is 13.8 Å². The van der Waals surface area contributed by atoms with Crippen LogP contribution in [0.4, 0.5) is 0 Å². The highest BCUT2D eigenvalue weighted by Crippen LogP contribution is 2.59. The second kappa shape index (κ2) is 14.6. The topological polar surface area (TPSA) is 0 Å². The third-order valence-corrected chi connectivity index (χ3v) is 17.3. The first-order chi connectivity index (χ1) is 36.6. The smallest absolute Gasteiger partial charge is 0.00139 e. The molecule has 15 aromatic carbocycles. The van der Waals surface area contributed by atoms with Crippen LogP contribution >= 0.6 is 0 Å². The number of fused-ring (bicyclic) bond motifs is 12. The number of aryl methyl sites for hydroxylation is 2. The van der Waals surface area contributed by atoms with E-state index in [-0.39, 0.29) is 0 Å². The van der Waals surface area contributed by atoms with Crippen molar-refractivity contribution in [1.82, 2.24) is 0 Å². The van der Waals surface area contributed by atoms with Crippen LogP contribution in [0.3, 0.4) is 0 Å². The van der Waals surface area contributed by atoms with E-state index >= 15 is 0 Å². The lowest BCUT2D eigenvalue weighted by atomic mass is 9.83. The zero-order chi connectivity index (χ0) is 48.5. The number of rotatable bonds is 4. The average Bonchev–Trinajstić information content (AvgIpc) is 4.05. The molecule has 0 unspecified atom stereocenters. The van der Waals surface area contributed by atoms with Gasteiger partial charge in [-0.05, 0) is 224 Å².